The first kappa shape index (κ1) is 23.1. The lowest BCUT2D eigenvalue weighted by Gasteiger charge is -2.33. The van der Waals surface area contributed by atoms with Crippen LogP contribution in [0.3, 0.4) is 0 Å². The summed E-state index contributed by atoms with van der Waals surface area (Å²) in [5.74, 6) is 1.52. The molecular formula is C26H26ClN3O2S. The second-order valence-electron chi connectivity index (χ2n) is 8.55. The Labute approximate surface area is 204 Å². The molecule has 170 valence electrons. The van der Waals surface area contributed by atoms with Crippen molar-refractivity contribution in [1.29, 1.82) is 0 Å². The van der Waals surface area contributed by atoms with Gasteiger partial charge in [-0.1, -0.05) is 41.9 Å². The molecule has 1 aliphatic heterocycles. The summed E-state index contributed by atoms with van der Waals surface area (Å²) in [5, 5.41) is 8.71. The van der Waals surface area contributed by atoms with Crippen LogP contribution in [0.1, 0.15) is 37.0 Å². The van der Waals surface area contributed by atoms with Crippen molar-refractivity contribution in [2.75, 3.05) is 5.32 Å². The Morgan fingerprint density at radius 3 is 2.73 bits per heavy atom. The highest BCUT2D eigenvalue weighted by Gasteiger charge is 2.31. The van der Waals surface area contributed by atoms with Crippen LogP contribution in [-0.4, -0.2) is 16.4 Å². The summed E-state index contributed by atoms with van der Waals surface area (Å²) in [7, 11) is 0. The SMILES string of the molecule is Cc1ccccc1COc1ccc2c(c1)/C(=N\NC(=S)Nc1cccc(Cl)c1)CC(C)(C)O2. The van der Waals surface area contributed by atoms with Crippen molar-refractivity contribution in [3.63, 3.8) is 0 Å². The topological polar surface area (TPSA) is 54.9 Å². The van der Waals surface area contributed by atoms with Gasteiger partial charge >= 0.3 is 0 Å². The van der Waals surface area contributed by atoms with E-state index in [1.807, 2.05) is 62.4 Å². The van der Waals surface area contributed by atoms with E-state index in [9.17, 15) is 0 Å². The molecular weight excluding hydrogens is 454 g/mol. The third kappa shape index (κ3) is 6.03. The number of halogens is 1. The summed E-state index contributed by atoms with van der Waals surface area (Å²) in [6.07, 6.45) is 0.619. The van der Waals surface area contributed by atoms with Crippen molar-refractivity contribution in [3.8, 4) is 11.5 Å². The molecule has 0 saturated heterocycles. The van der Waals surface area contributed by atoms with E-state index in [0.29, 0.717) is 23.2 Å². The molecule has 0 bridgehead atoms. The fraction of sp³-hybridized carbons (Fsp3) is 0.231. The molecule has 2 N–H and O–H groups in total. The fourth-order valence-corrected chi connectivity index (χ4v) is 3.98. The number of nitrogens with one attached hydrogen (secondary N) is 2. The Hall–Kier alpha value is -3.09. The van der Waals surface area contributed by atoms with Gasteiger partial charge in [-0.3, -0.25) is 5.43 Å². The highest BCUT2D eigenvalue weighted by atomic mass is 35.5. The second-order valence-corrected chi connectivity index (χ2v) is 9.39. The Bertz CT molecular complexity index is 1210. The maximum Gasteiger partial charge on any atom is 0.191 e. The van der Waals surface area contributed by atoms with Gasteiger partial charge in [0.15, 0.2) is 5.11 Å². The molecule has 0 fully saturated rings. The predicted molar refractivity (Wildman–Crippen MR) is 139 cm³/mol. The van der Waals surface area contributed by atoms with Gasteiger partial charge in [-0.2, -0.15) is 5.10 Å². The van der Waals surface area contributed by atoms with Crippen LogP contribution in [0.25, 0.3) is 0 Å². The lowest BCUT2D eigenvalue weighted by molar-refractivity contribution is 0.111. The van der Waals surface area contributed by atoms with Gasteiger partial charge in [-0.05, 0) is 80.5 Å². The average molecular weight is 480 g/mol. The van der Waals surface area contributed by atoms with Crippen LogP contribution >= 0.6 is 23.8 Å². The smallest absolute Gasteiger partial charge is 0.191 e. The third-order valence-electron chi connectivity index (χ3n) is 5.27. The minimum Gasteiger partial charge on any atom is -0.489 e. The molecule has 0 spiro atoms. The number of fused-ring (bicyclic) bond motifs is 1. The van der Waals surface area contributed by atoms with Gasteiger partial charge in [-0.25, -0.2) is 0 Å². The molecule has 0 unspecified atom stereocenters. The van der Waals surface area contributed by atoms with E-state index < -0.39 is 0 Å². The number of ether oxygens (including phenoxy) is 2. The van der Waals surface area contributed by atoms with E-state index in [4.69, 9.17) is 33.3 Å². The monoisotopic (exact) mass is 479 g/mol. The third-order valence-corrected chi connectivity index (χ3v) is 5.70. The molecule has 4 rings (SSSR count). The van der Waals surface area contributed by atoms with Gasteiger partial charge in [0, 0.05) is 22.7 Å². The molecule has 3 aromatic rings. The summed E-state index contributed by atoms with van der Waals surface area (Å²) in [6.45, 7) is 6.65. The standard InChI is InChI=1S/C26H26ClN3O2S/c1-17-7-4-5-8-18(17)16-31-21-11-12-24-22(14-21)23(15-26(2,3)32-24)29-30-25(33)28-20-10-6-9-19(27)13-20/h4-14H,15-16H2,1-3H3,(H2,28,30,33)/b29-23-. The summed E-state index contributed by atoms with van der Waals surface area (Å²) in [5.41, 5.74) is 7.44. The molecule has 33 heavy (non-hydrogen) atoms. The maximum atomic E-state index is 6.17. The summed E-state index contributed by atoms with van der Waals surface area (Å²) >= 11 is 11.5. The Balaban J connectivity index is 1.52. The first-order valence-electron chi connectivity index (χ1n) is 10.7. The molecule has 0 saturated carbocycles. The van der Waals surface area contributed by atoms with E-state index in [1.54, 1.807) is 6.07 Å². The van der Waals surface area contributed by atoms with Gasteiger partial charge in [0.05, 0.1) is 5.71 Å². The second kappa shape index (κ2) is 9.81. The molecule has 5 nitrogen and oxygen atoms in total. The molecule has 0 aliphatic carbocycles. The summed E-state index contributed by atoms with van der Waals surface area (Å²) < 4.78 is 12.2. The normalized spacial score (nSPS) is 15.3. The number of anilines is 1. The number of hydrazone groups is 1. The zero-order valence-corrected chi connectivity index (χ0v) is 20.4. The molecule has 0 atom stereocenters. The quantitative estimate of drug-likeness (QED) is 0.324. The van der Waals surface area contributed by atoms with E-state index in [-0.39, 0.29) is 5.60 Å². The Kier molecular flexibility index (Phi) is 6.86. The van der Waals surface area contributed by atoms with Gasteiger partial charge in [0.25, 0.3) is 0 Å². The molecule has 3 aromatic carbocycles. The number of thiocarbonyl (C=S) groups is 1. The van der Waals surface area contributed by atoms with Gasteiger partial charge in [0.1, 0.15) is 23.7 Å². The molecule has 0 amide bonds. The van der Waals surface area contributed by atoms with Gasteiger partial charge in [-0.15, -0.1) is 0 Å². The lowest BCUT2D eigenvalue weighted by atomic mass is 9.92. The predicted octanol–water partition coefficient (Wildman–Crippen LogP) is 6.48. The molecule has 0 aromatic heterocycles. The molecule has 1 aliphatic rings. The van der Waals surface area contributed by atoms with Crippen molar-refractivity contribution < 1.29 is 9.47 Å². The maximum absolute atomic E-state index is 6.17. The number of benzene rings is 3. The van der Waals surface area contributed by atoms with Crippen LogP contribution in [0.4, 0.5) is 5.69 Å². The highest BCUT2D eigenvalue weighted by Crippen LogP contribution is 2.35. The number of nitrogens with zero attached hydrogens (tertiary/aromatic N) is 1. The van der Waals surface area contributed by atoms with E-state index in [2.05, 4.69) is 34.9 Å². The minimum atomic E-state index is -0.390. The van der Waals surface area contributed by atoms with Crippen LogP contribution in [0.5, 0.6) is 11.5 Å². The number of rotatable bonds is 5. The van der Waals surface area contributed by atoms with Crippen LogP contribution < -0.4 is 20.2 Å². The van der Waals surface area contributed by atoms with Gasteiger partial charge < -0.3 is 14.8 Å². The summed E-state index contributed by atoms with van der Waals surface area (Å²) in [4.78, 5) is 0. The van der Waals surface area contributed by atoms with Crippen molar-refractivity contribution >= 4 is 40.3 Å². The van der Waals surface area contributed by atoms with E-state index in [0.717, 1.165) is 34.0 Å². The Morgan fingerprint density at radius 1 is 1.12 bits per heavy atom. The van der Waals surface area contributed by atoms with Crippen LogP contribution in [0.2, 0.25) is 5.02 Å². The molecule has 0 radical (unpaired) electrons. The van der Waals surface area contributed by atoms with Crippen molar-refractivity contribution in [2.45, 2.75) is 39.4 Å². The zero-order valence-electron chi connectivity index (χ0n) is 18.8. The largest absolute Gasteiger partial charge is 0.489 e. The van der Waals surface area contributed by atoms with Crippen LogP contribution in [0.15, 0.2) is 71.8 Å². The number of hydrogen-bond donors (Lipinski definition) is 2. The van der Waals surface area contributed by atoms with Crippen LogP contribution in [0, 0.1) is 6.92 Å². The van der Waals surface area contributed by atoms with Crippen molar-refractivity contribution in [3.05, 3.63) is 88.4 Å². The van der Waals surface area contributed by atoms with Crippen LogP contribution in [-0.2, 0) is 6.61 Å². The lowest BCUT2D eigenvalue weighted by Crippen LogP contribution is -2.37. The summed E-state index contributed by atoms with van der Waals surface area (Å²) in [6, 6.07) is 21.4. The highest BCUT2D eigenvalue weighted by molar-refractivity contribution is 7.80. The van der Waals surface area contributed by atoms with Crippen molar-refractivity contribution in [2.24, 2.45) is 5.10 Å². The molecule has 7 heteroatoms. The minimum absolute atomic E-state index is 0.377. The van der Waals surface area contributed by atoms with E-state index >= 15 is 0 Å². The average Bonchev–Trinajstić information content (AvgIpc) is 2.76. The first-order chi connectivity index (χ1) is 15.8. The fourth-order valence-electron chi connectivity index (χ4n) is 3.62. The first-order valence-corrected chi connectivity index (χ1v) is 11.5. The van der Waals surface area contributed by atoms with Gasteiger partial charge in [0.2, 0.25) is 0 Å². The number of hydrogen-bond acceptors (Lipinski definition) is 4. The van der Waals surface area contributed by atoms with E-state index in [1.165, 1.54) is 5.56 Å². The Morgan fingerprint density at radius 2 is 1.94 bits per heavy atom. The zero-order chi connectivity index (χ0) is 23.4. The van der Waals surface area contributed by atoms with Crippen molar-refractivity contribution in [1.82, 2.24) is 5.43 Å². The number of aryl methyl sites for hydroxylation is 1. The molecule has 1 heterocycles.